The van der Waals surface area contributed by atoms with Crippen LogP contribution in [0.15, 0.2) is 6.07 Å². The molecule has 114 valence electrons. The van der Waals surface area contributed by atoms with Crippen LogP contribution < -0.4 is 0 Å². The second kappa shape index (κ2) is 5.44. The van der Waals surface area contributed by atoms with E-state index in [0.717, 1.165) is 17.7 Å². The maximum Gasteiger partial charge on any atom is 0.309 e. The van der Waals surface area contributed by atoms with Crippen molar-refractivity contribution in [1.29, 1.82) is 0 Å². The summed E-state index contributed by atoms with van der Waals surface area (Å²) in [6.45, 7) is 2.87. The van der Waals surface area contributed by atoms with E-state index in [2.05, 4.69) is 6.07 Å². The van der Waals surface area contributed by atoms with Crippen LogP contribution in [-0.2, 0) is 17.6 Å². The number of thiophene rings is 1. The van der Waals surface area contributed by atoms with Crippen molar-refractivity contribution in [2.75, 3.05) is 13.1 Å². The number of hydrogen-bond acceptors (Lipinski definition) is 3. The second-order valence-electron chi connectivity index (χ2n) is 6.42. The molecule has 0 unspecified atom stereocenters. The van der Waals surface area contributed by atoms with Gasteiger partial charge in [-0.25, -0.2) is 0 Å². The lowest BCUT2D eigenvalue weighted by molar-refractivity contribution is -0.150. The Balaban J connectivity index is 1.69. The lowest BCUT2D eigenvalue weighted by atomic mass is 9.80. The highest BCUT2D eigenvalue weighted by atomic mass is 32.1. The molecule has 1 N–H and O–H groups in total. The molecule has 0 atom stereocenters. The maximum absolute atomic E-state index is 12.6. The Hall–Kier alpha value is -1.36. The van der Waals surface area contributed by atoms with E-state index in [4.69, 9.17) is 0 Å². The van der Waals surface area contributed by atoms with Crippen LogP contribution in [0.25, 0.3) is 0 Å². The van der Waals surface area contributed by atoms with E-state index < -0.39 is 11.4 Å². The fourth-order valence-electron chi connectivity index (χ4n) is 3.17. The van der Waals surface area contributed by atoms with Crippen molar-refractivity contribution in [2.24, 2.45) is 5.41 Å². The number of carboxylic acid groups (broad SMARTS) is 1. The average molecular weight is 307 g/mol. The maximum atomic E-state index is 12.6. The molecule has 2 heterocycles. The molecular formula is C16H21NO3S. The molecule has 1 aliphatic heterocycles. The van der Waals surface area contributed by atoms with Gasteiger partial charge in [0.2, 0.25) is 0 Å². The molecule has 0 spiro atoms. The number of aliphatic carboxylic acids is 1. The van der Waals surface area contributed by atoms with E-state index in [9.17, 15) is 14.7 Å². The fourth-order valence-corrected chi connectivity index (χ4v) is 4.39. The number of rotatable bonds is 2. The number of nitrogens with zero attached hydrogens (tertiary/aromatic N) is 1. The van der Waals surface area contributed by atoms with Gasteiger partial charge < -0.3 is 10.0 Å². The van der Waals surface area contributed by atoms with Gasteiger partial charge in [-0.1, -0.05) is 0 Å². The molecule has 3 rings (SSSR count). The summed E-state index contributed by atoms with van der Waals surface area (Å²) in [6, 6.07) is 2.06. The molecule has 0 bridgehead atoms. The number of carbonyl (C=O) groups excluding carboxylic acids is 1. The SMILES string of the molecule is CC1(C(=O)O)CCN(C(=O)c2cc3c(s2)CCCC3)CC1. The zero-order chi connectivity index (χ0) is 15.0. The number of amides is 1. The first kappa shape index (κ1) is 14.6. The monoisotopic (exact) mass is 307 g/mol. The first-order chi connectivity index (χ1) is 9.99. The van der Waals surface area contributed by atoms with Gasteiger partial charge in [0.25, 0.3) is 5.91 Å². The quantitative estimate of drug-likeness (QED) is 0.914. The highest BCUT2D eigenvalue weighted by molar-refractivity contribution is 7.14. The van der Waals surface area contributed by atoms with Crippen molar-refractivity contribution in [3.8, 4) is 0 Å². The third-order valence-electron chi connectivity index (χ3n) is 4.88. The lowest BCUT2D eigenvalue weighted by Gasteiger charge is -2.36. The molecule has 21 heavy (non-hydrogen) atoms. The summed E-state index contributed by atoms with van der Waals surface area (Å²) in [6.07, 6.45) is 5.72. The minimum Gasteiger partial charge on any atom is -0.481 e. The molecule has 1 aromatic rings. The van der Waals surface area contributed by atoms with Gasteiger partial charge in [0, 0.05) is 18.0 Å². The summed E-state index contributed by atoms with van der Waals surface area (Å²) in [4.78, 5) is 27.9. The largest absolute Gasteiger partial charge is 0.481 e. The normalized spacial score (nSPS) is 20.9. The predicted octanol–water partition coefficient (Wildman–Crippen LogP) is 2.95. The summed E-state index contributed by atoms with van der Waals surface area (Å²) in [5, 5.41) is 9.25. The van der Waals surface area contributed by atoms with Crippen LogP contribution in [0.4, 0.5) is 0 Å². The number of hydrogen-bond donors (Lipinski definition) is 1. The Morgan fingerprint density at radius 1 is 1.24 bits per heavy atom. The van der Waals surface area contributed by atoms with Crippen LogP contribution in [0.2, 0.25) is 0 Å². The van der Waals surface area contributed by atoms with Gasteiger partial charge in [-0.05, 0) is 57.1 Å². The minimum atomic E-state index is -0.749. The van der Waals surface area contributed by atoms with E-state index in [-0.39, 0.29) is 5.91 Å². The van der Waals surface area contributed by atoms with Gasteiger partial charge in [0.05, 0.1) is 10.3 Å². The third kappa shape index (κ3) is 2.71. The van der Waals surface area contributed by atoms with Crippen LogP contribution in [-0.4, -0.2) is 35.0 Å². The summed E-state index contributed by atoms with van der Waals surface area (Å²) in [5.41, 5.74) is 0.674. The molecule has 1 amide bonds. The van der Waals surface area contributed by atoms with E-state index >= 15 is 0 Å². The predicted molar refractivity (Wildman–Crippen MR) is 81.8 cm³/mol. The number of piperidine rings is 1. The summed E-state index contributed by atoms with van der Waals surface area (Å²) in [7, 11) is 0. The van der Waals surface area contributed by atoms with Crippen LogP contribution >= 0.6 is 11.3 Å². The van der Waals surface area contributed by atoms with Gasteiger partial charge >= 0.3 is 5.97 Å². The number of carboxylic acids is 1. The number of aryl methyl sites for hydroxylation is 2. The zero-order valence-electron chi connectivity index (χ0n) is 12.4. The van der Waals surface area contributed by atoms with Gasteiger partial charge in [0.1, 0.15) is 0 Å². The smallest absolute Gasteiger partial charge is 0.309 e. The Morgan fingerprint density at radius 3 is 2.52 bits per heavy atom. The molecule has 5 heteroatoms. The van der Waals surface area contributed by atoms with Crippen LogP contribution in [0.5, 0.6) is 0 Å². The first-order valence-corrected chi connectivity index (χ1v) is 8.45. The van der Waals surface area contributed by atoms with Crippen molar-refractivity contribution < 1.29 is 14.7 Å². The summed E-state index contributed by atoms with van der Waals surface area (Å²) in [5.74, 6) is -0.664. The Kier molecular flexibility index (Phi) is 3.78. The minimum absolute atomic E-state index is 0.0850. The zero-order valence-corrected chi connectivity index (χ0v) is 13.2. The summed E-state index contributed by atoms with van der Waals surface area (Å²) < 4.78 is 0. The Morgan fingerprint density at radius 2 is 1.90 bits per heavy atom. The number of fused-ring (bicyclic) bond motifs is 1. The van der Waals surface area contributed by atoms with Gasteiger partial charge in [-0.15, -0.1) is 11.3 Å². The van der Waals surface area contributed by atoms with Crippen molar-refractivity contribution in [1.82, 2.24) is 4.90 Å². The van der Waals surface area contributed by atoms with E-state index in [1.165, 1.54) is 23.3 Å². The van der Waals surface area contributed by atoms with Crippen molar-refractivity contribution in [2.45, 2.75) is 45.4 Å². The third-order valence-corrected chi connectivity index (χ3v) is 6.10. The molecular weight excluding hydrogens is 286 g/mol. The van der Waals surface area contributed by atoms with Gasteiger partial charge in [-0.3, -0.25) is 9.59 Å². The fraction of sp³-hybridized carbons (Fsp3) is 0.625. The summed E-state index contributed by atoms with van der Waals surface area (Å²) >= 11 is 1.64. The standard InChI is InChI=1S/C16H21NO3S/c1-16(15(19)20)6-8-17(9-7-16)14(18)13-10-11-4-2-3-5-12(11)21-13/h10H,2-9H2,1H3,(H,19,20). The van der Waals surface area contributed by atoms with Crippen LogP contribution in [0.3, 0.4) is 0 Å². The Labute approximate surface area is 128 Å². The molecule has 2 aliphatic rings. The highest BCUT2D eigenvalue weighted by Crippen LogP contribution is 2.34. The molecule has 1 aromatic heterocycles. The molecule has 4 nitrogen and oxygen atoms in total. The van der Waals surface area contributed by atoms with Gasteiger partial charge in [-0.2, -0.15) is 0 Å². The molecule has 0 radical (unpaired) electrons. The van der Waals surface area contributed by atoms with Crippen molar-refractivity contribution >= 4 is 23.2 Å². The first-order valence-electron chi connectivity index (χ1n) is 7.64. The molecule has 1 fully saturated rings. The highest BCUT2D eigenvalue weighted by Gasteiger charge is 2.38. The van der Waals surface area contributed by atoms with Crippen LogP contribution in [0, 0.1) is 5.41 Å². The Bertz CT molecular complexity index is 547. The van der Waals surface area contributed by atoms with Gasteiger partial charge in [0.15, 0.2) is 0 Å². The van der Waals surface area contributed by atoms with Crippen molar-refractivity contribution in [3.05, 3.63) is 21.4 Å². The van der Waals surface area contributed by atoms with E-state index in [1.807, 2.05) is 4.90 Å². The topological polar surface area (TPSA) is 57.6 Å². The van der Waals surface area contributed by atoms with Crippen molar-refractivity contribution in [3.63, 3.8) is 0 Å². The molecule has 1 saturated heterocycles. The second-order valence-corrected chi connectivity index (χ2v) is 7.56. The molecule has 0 aromatic carbocycles. The average Bonchev–Trinajstić information content (AvgIpc) is 2.91. The van der Waals surface area contributed by atoms with E-state index in [1.54, 1.807) is 18.3 Å². The molecule has 1 aliphatic carbocycles. The number of likely N-dealkylation sites (tertiary alicyclic amines) is 1. The lowest BCUT2D eigenvalue weighted by Crippen LogP contribution is -2.45. The molecule has 0 saturated carbocycles. The van der Waals surface area contributed by atoms with Crippen LogP contribution in [0.1, 0.15) is 52.7 Å². The number of carbonyl (C=O) groups is 2. The van der Waals surface area contributed by atoms with E-state index in [0.29, 0.717) is 25.9 Å².